The number of fused-ring (bicyclic) bond motifs is 15. The fourth-order valence-electron chi connectivity index (χ4n) is 12.7. The summed E-state index contributed by atoms with van der Waals surface area (Å²) < 4.78 is 4.88. The van der Waals surface area contributed by atoms with Crippen LogP contribution in [-0.4, -0.2) is 0 Å². The molecule has 74 heavy (non-hydrogen) atoms. The highest BCUT2D eigenvalue weighted by atomic mass is 32.1. The number of hydrogen-bond acceptors (Lipinski definition) is 6. The lowest BCUT2D eigenvalue weighted by molar-refractivity contribution is 0.563. The van der Waals surface area contributed by atoms with Crippen LogP contribution in [0.15, 0.2) is 206 Å². The molecule has 2 heterocycles. The number of para-hydroxylation sites is 2. The van der Waals surface area contributed by atoms with Crippen LogP contribution in [0.2, 0.25) is 0 Å². The van der Waals surface area contributed by atoms with Gasteiger partial charge in [0.2, 0.25) is 0 Å². The van der Waals surface area contributed by atoms with Gasteiger partial charge in [-0.05, 0) is 130 Å². The van der Waals surface area contributed by atoms with Gasteiger partial charge in [-0.3, -0.25) is 0 Å². The fraction of sp³-hybridized carbons (Fsp3) is 0.0882. The summed E-state index contributed by atoms with van der Waals surface area (Å²) in [6.07, 6.45) is 0. The molecule has 0 amide bonds. The van der Waals surface area contributed by atoms with E-state index in [1.54, 1.807) is 0 Å². The summed E-state index contributed by atoms with van der Waals surface area (Å²) in [6, 6.07) is 79.7. The zero-order chi connectivity index (χ0) is 50.0. The number of hydrogen-bond donors (Lipinski definition) is 0. The molecule has 0 fully saturated rings. The second-order valence-corrected chi connectivity index (χ2v) is 22.3. The highest BCUT2D eigenvalue weighted by Crippen LogP contribution is 2.64. The summed E-state index contributed by atoms with van der Waals surface area (Å²) in [5.41, 5.74) is 18.0. The van der Waals surface area contributed by atoms with Gasteiger partial charge in [0.05, 0.1) is 48.7 Å². The van der Waals surface area contributed by atoms with Crippen LogP contribution in [0.3, 0.4) is 0 Å². The molecule has 0 bridgehead atoms. The van der Waals surface area contributed by atoms with E-state index in [2.05, 4.69) is 219 Å². The van der Waals surface area contributed by atoms with Gasteiger partial charge >= 0.3 is 0 Å². The lowest BCUT2D eigenvalue weighted by Crippen LogP contribution is -2.40. The van der Waals surface area contributed by atoms with Gasteiger partial charge in [0, 0.05) is 47.7 Å². The minimum Gasteiger partial charge on any atom is -0.308 e. The van der Waals surface area contributed by atoms with E-state index in [1.807, 2.05) is 59.1 Å². The molecule has 14 rings (SSSR count). The van der Waals surface area contributed by atoms with Gasteiger partial charge in [0.1, 0.15) is 12.1 Å². The van der Waals surface area contributed by atoms with Crippen molar-refractivity contribution in [1.82, 2.24) is 0 Å². The Morgan fingerprint density at radius 3 is 1.16 bits per heavy atom. The molecule has 4 nitrogen and oxygen atoms in total. The zero-order valence-corrected chi connectivity index (χ0v) is 42.9. The number of nitrogens with zero attached hydrogens (tertiary/aromatic N) is 4. The largest absolute Gasteiger partial charge is 0.308 e. The molecular formula is C68H46N4S2. The Morgan fingerprint density at radius 2 is 0.730 bits per heavy atom. The minimum absolute atomic E-state index is 0.310. The van der Waals surface area contributed by atoms with E-state index in [1.165, 1.54) is 84.9 Å². The minimum atomic E-state index is -0.776. The molecule has 6 heteroatoms. The Morgan fingerprint density at radius 1 is 0.365 bits per heavy atom. The highest BCUT2D eigenvalue weighted by molar-refractivity contribution is 7.27. The topological polar surface area (TPSA) is 54.1 Å². The maximum atomic E-state index is 10.8. The first-order chi connectivity index (χ1) is 36.2. The smallest absolute Gasteiger partial charge is 0.101 e. The van der Waals surface area contributed by atoms with E-state index in [9.17, 15) is 10.5 Å². The summed E-state index contributed by atoms with van der Waals surface area (Å²) in [6.45, 7) is 9.11. The molecule has 0 radical (unpaired) electrons. The van der Waals surface area contributed by atoms with Crippen molar-refractivity contribution in [3.63, 3.8) is 0 Å². The maximum Gasteiger partial charge on any atom is 0.101 e. The van der Waals surface area contributed by atoms with Gasteiger partial charge in [0.15, 0.2) is 0 Å². The van der Waals surface area contributed by atoms with E-state index in [-0.39, 0.29) is 5.41 Å². The van der Waals surface area contributed by atoms with Gasteiger partial charge in [-0.2, -0.15) is 10.5 Å². The number of benzene rings is 10. The fourth-order valence-corrected chi connectivity index (χ4v) is 15.3. The van der Waals surface area contributed by atoms with Crippen molar-refractivity contribution in [2.75, 3.05) is 9.80 Å². The van der Waals surface area contributed by atoms with Crippen LogP contribution in [0.4, 0.5) is 34.1 Å². The van der Waals surface area contributed by atoms with Crippen LogP contribution < -0.4 is 9.80 Å². The molecule has 0 N–H and O–H groups in total. The molecule has 0 atom stereocenters. The van der Waals surface area contributed by atoms with Crippen molar-refractivity contribution in [2.45, 2.75) is 38.5 Å². The van der Waals surface area contributed by atoms with Crippen molar-refractivity contribution in [3.8, 4) is 23.3 Å². The van der Waals surface area contributed by atoms with E-state index < -0.39 is 5.41 Å². The van der Waals surface area contributed by atoms with Crippen LogP contribution >= 0.6 is 22.7 Å². The highest BCUT2D eigenvalue weighted by Gasteiger charge is 2.54. The third kappa shape index (κ3) is 6.04. The monoisotopic (exact) mass is 982 g/mol. The first kappa shape index (κ1) is 44.0. The van der Waals surface area contributed by atoms with Crippen molar-refractivity contribution in [1.29, 1.82) is 10.5 Å². The van der Waals surface area contributed by atoms with Gasteiger partial charge in [-0.1, -0.05) is 159 Å². The number of nitriles is 2. The Bertz CT molecular complexity index is 4160. The second-order valence-electron chi connectivity index (χ2n) is 20.3. The standard InChI is InChI=1S/C68H46N4S2/c1-41-17-13-21-49-51-23-15-31-61(65(51)73-63(41)49)71(59-29-11-5-19-43(59)39-69)45-33-35-47-48-36-34-46(38-58(48)68(57(47)37-45)55-27-9-7-25-53(55)67(3,4)54-26-8-10-28-56(54)68)72(60-30-12-6-20-44(60)40-70)62-32-16-24-52-50-22-14-18-42(2)64(50)74-66(52)62/h5-38H,1-4H3. The van der Waals surface area contributed by atoms with Crippen LogP contribution in [0.1, 0.15) is 69.5 Å². The normalized spacial score (nSPS) is 13.6. The SMILES string of the molecule is Cc1cccc2c1sc1c(N(c3ccc4c(c3)C3(c5cc(N(c6ccccc6C#N)c6cccc7c6sc6c(C)cccc67)ccc5-4)c4ccccc4C(C)(C)c4ccccc43)c3ccccc3C#N)cccc12. The Kier molecular flexibility index (Phi) is 9.72. The van der Waals surface area contributed by atoms with E-state index in [4.69, 9.17) is 0 Å². The number of thiophene rings is 2. The average Bonchev–Trinajstić information content (AvgIpc) is 4.29. The van der Waals surface area contributed by atoms with Gasteiger partial charge in [-0.25, -0.2) is 0 Å². The molecule has 2 aliphatic rings. The Hall–Kier alpha value is -8.78. The first-order valence-electron chi connectivity index (χ1n) is 25.1. The predicted molar refractivity (Wildman–Crippen MR) is 310 cm³/mol. The summed E-state index contributed by atoms with van der Waals surface area (Å²) in [4.78, 5) is 4.65. The zero-order valence-electron chi connectivity index (χ0n) is 41.2. The quantitative estimate of drug-likeness (QED) is 0.167. The van der Waals surface area contributed by atoms with Crippen molar-refractivity contribution < 1.29 is 0 Å². The van der Waals surface area contributed by atoms with Crippen molar-refractivity contribution in [3.05, 3.63) is 262 Å². The third-order valence-electron chi connectivity index (χ3n) is 16.0. The third-order valence-corrected chi connectivity index (χ3v) is 18.8. The molecule has 2 aliphatic carbocycles. The van der Waals surface area contributed by atoms with E-state index in [0.29, 0.717) is 11.1 Å². The van der Waals surface area contributed by atoms with Crippen molar-refractivity contribution in [2.24, 2.45) is 0 Å². The summed E-state index contributed by atoms with van der Waals surface area (Å²) in [7, 11) is 0. The molecular weight excluding hydrogens is 937 g/mol. The van der Waals surface area contributed by atoms with Crippen LogP contribution in [-0.2, 0) is 10.8 Å². The average molecular weight is 983 g/mol. The summed E-state index contributed by atoms with van der Waals surface area (Å²) in [5, 5.41) is 26.6. The molecule has 0 saturated heterocycles. The lowest BCUT2D eigenvalue weighted by Gasteiger charge is -2.47. The Balaban J connectivity index is 1.08. The van der Waals surface area contributed by atoms with Crippen molar-refractivity contribution >= 4 is 97.1 Å². The summed E-state index contributed by atoms with van der Waals surface area (Å²) in [5.74, 6) is 0. The van der Waals surface area contributed by atoms with E-state index in [0.717, 1.165) is 45.3 Å². The molecule has 2 aromatic heterocycles. The number of aryl methyl sites for hydroxylation is 2. The second kappa shape index (κ2) is 16.4. The molecule has 0 unspecified atom stereocenters. The molecule has 12 aromatic rings. The van der Waals surface area contributed by atoms with Gasteiger partial charge in [0.25, 0.3) is 0 Å². The van der Waals surface area contributed by atoms with Gasteiger partial charge in [-0.15, -0.1) is 22.7 Å². The number of rotatable bonds is 6. The molecule has 350 valence electrons. The molecule has 1 spiro atoms. The molecule has 10 aromatic carbocycles. The van der Waals surface area contributed by atoms with E-state index >= 15 is 0 Å². The molecule has 0 saturated carbocycles. The van der Waals surface area contributed by atoms with Gasteiger partial charge < -0.3 is 9.80 Å². The Labute approximate surface area is 438 Å². The first-order valence-corrected chi connectivity index (χ1v) is 26.7. The molecule has 0 aliphatic heterocycles. The summed E-state index contributed by atoms with van der Waals surface area (Å²) >= 11 is 3.64. The lowest BCUT2D eigenvalue weighted by atomic mass is 9.55. The number of anilines is 6. The van der Waals surface area contributed by atoms with Crippen LogP contribution in [0, 0.1) is 36.5 Å². The maximum absolute atomic E-state index is 10.8. The van der Waals surface area contributed by atoms with Crippen LogP contribution in [0.25, 0.3) is 51.5 Å². The van der Waals surface area contributed by atoms with Crippen LogP contribution in [0.5, 0.6) is 0 Å². The predicted octanol–water partition coefficient (Wildman–Crippen LogP) is 18.7.